The van der Waals surface area contributed by atoms with Gasteiger partial charge in [-0.2, -0.15) is 0 Å². The van der Waals surface area contributed by atoms with E-state index in [9.17, 15) is 4.79 Å². The second-order valence-electron chi connectivity index (χ2n) is 3.94. The van der Waals surface area contributed by atoms with E-state index in [2.05, 4.69) is 37.2 Å². The molecule has 0 bridgehead atoms. The molecule has 0 aliphatic carbocycles. The minimum absolute atomic E-state index is 0.297. The Balaban J connectivity index is 2.30. The third-order valence-electron chi connectivity index (χ3n) is 2.48. The lowest BCUT2D eigenvalue weighted by molar-refractivity contribution is 0.102. The Morgan fingerprint density at radius 1 is 1.05 bits per heavy atom. The van der Waals surface area contributed by atoms with Crippen LogP contribution in [0.2, 0.25) is 10.0 Å². The highest BCUT2D eigenvalue weighted by molar-refractivity contribution is 9.11. The van der Waals surface area contributed by atoms with E-state index in [0.717, 1.165) is 0 Å². The molecule has 0 saturated heterocycles. The fourth-order valence-electron chi connectivity index (χ4n) is 1.54. The number of anilines is 2. The number of amides is 1. The summed E-state index contributed by atoms with van der Waals surface area (Å²) in [5.41, 5.74) is 7.29. The summed E-state index contributed by atoms with van der Waals surface area (Å²) in [5, 5.41) is 3.51. The summed E-state index contributed by atoms with van der Waals surface area (Å²) in [5.74, 6) is -0.297. The van der Waals surface area contributed by atoms with Crippen molar-refractivity contribution in [3.05, 3.63) is 54.9 Å². The van der Waals surface area contributed by atoms with E-state index in [4.69, 9.17) is 28.9 Å². The lowest BCUT2D eigenvalue weighted by Crippen LogP contribution is -2.13. The van der Waals surface area contributed by atoms with Gasteiger partial charge in [-0.15, -0.1) is 0 Å². The Labute approximate surface area is 142 Å². The molecule has 0 atom stereocenters. The summed E-state index contributed by atoms with van der Waals surface area (Å²) in [7, 11) is 0. The highest BCUT2D eigenvalue weighted by Gasteiger charge is 2.13. The number of nitrogens with one attached hydrogen (secondary N) is 1. The van der Waals surface area contributed by atoms with Gasteiger partial charge in [-0.05, 0) is 62.2 Å². The number of benzene rings is 2. The quantitative estimate of drug-likeness (QED) is 0.621. The Morgan fingerprint density at radius 2 is 1.65 bits per heavy atom. The maximum Gasteiger partial charge on any atom is 0.255 e. The number of carbonyl (C=O) groups excluding carboxylic acids is 1. The molecule has 20 heavy (non-hydrogen) atoms. The third-order valence-corrected chi connectivity index (χ3v) is 4.47. The lowest BCUT2D eigenvalue weighted by Gasteiger charge is -2.11. The summed E-state index contributed by atoms with van der Waals surface area (Å²) in [6.45, 7) is 0. The van der Waals surface area contributed by atoms with Gasteiger partial charge in [-0.3, -0.25) is 4.79 Å². The normalized spacial score (nSPS) is 10.4. The average Bonchev–Trinajstić information content (AvgIpc) is 2.36. The van der Waals surface area contributed by atoms with E-state index in [-0.39, 0.29) is 5.91 Å². The van der Waals surface area contributed by atoms with Crippen LogP contribution in [0.3, 0.4) is 0 Å². The van der Waals surface area contributed by atoms with Gasteiger partial charge in [-0.25, -0.2) is 0 Å². The first-order chi connectivity index (χ1) is 9.38. The zero-order chi connectivity index (χ0) is 14.9. The topological polar surface area (TPSA) is 55.1 Å². The lowest BCUT2D eigenvalue weighted by atomic mass is 10.2. The highest BCUT2D eigenvalue weighted by atomic mass is 79.9. The maximum absolute atomic E-state index is 12.2. The van der Waals surface area contributed by atoms with E-state index >= 15 is 0 Å². The molecule has 0 aromatic heterocycles. The monoisotopic (exact) mass is 436 g/mol. The van der Waals surface area contributed by atoms with Crippen molar-refractivity contribution >= 4 is 72.3 Å². The minimum Gasteiger partial charge on any atom is -0.399 e. The van der Waals surface area contributed by atoms with Gasteiger partial charge >= 0.3 is 0 Å². The fraction of sp³-hybridized carbons (Fsp3) is 0. The molecule has 0 spiro atoms. The van der Waals surface area contributed by atoms with Gasteiger partial charge in [0.1, 0.15) is 0 Å². The summed E-state index contributed by atoms with van der Waals surface area (Å²) >= 11 is 18.4. The Hall–Kier alpha value is -0.750. The van der Waals surface area contributed by atoms with Crippen LogP contribution in [0.4, 0.5) is 11.4 Å². The van der Waals surface area contributed by atoms with Crippen LogP contribution in [0.15, 0.2) is 39.3 Å². The van der Waals surface area contributed by atoms with E-state index < -0.39 is 0 Å². The van der Waals surface area contributed by atoms with Crippen LogP contribution in [0.1, 0.15) is 10.4 Å². The van der Waals surface area contributed by atoms with Gasteiger partial charge in [0.05, 0.1) is 15.7 Å². The number of nitrogen functional groups attached to an aromatic ring is 1. The van der Waals surface area contributed by atoms with Gasteiger partial charge in [0.25, 0.3) is 5.91 Å². The van der Waals surface area contributed by atoms with E-state index in [1.165, 1.54) is 6.07 Å². The molecule has 2 rings (SSSR count). The summed E-state index contributed by atoms with van der Waals surface area (Å²) in [4.78, 5) is 12.2. The van der Waals surface area contributed by atoms with Crippen LogP contribution in [-0.2, 0) is 0 Å². The van der Waals surface area contributed by atoms with Gasteiger partial charge in [0.15, 0.2) is 0 Å². The molecule has 1 amide bonds. The maximum atomic E-state index is 12.2. The van der Waals surface area contributed by atoms with E-state index in [1.807, 2.05) is 0 Å². The van der Waals surface area contributed by atoms with Crippen molar-refractivity contribution < 1.29 is 4.79 Å². The highest BCUT2D eigenvalue weighted by Crippen LogP contribution is 2.34. The number of halogens is 4. The standard InChI is InChI=1S/C13H8Br2Cl2N2O/c14-8-4-7(18)5-9(15)12(8)19-13(20)6-1-2-10(16)11(17)3-6/h1-5H,18H2,(H,19,20). The van der Waals surface area contributed by atoms with Crippen LogP contribution in [0.5, 0.6) is 0 Å². The summed E-state index contributed by atoms with van der Waals surface area (Å²) in [6.07, 6.45) is 0. The Bertz CT molecular complexity index is 669. The van der Waals surface area contributed by atoms with Gasteiger partial charge in [0.2, 0.25) is 0 Å². The van der Waals surface area contributed by atoms with Crippen LogP contribution in [0.25, 0.3) is 0 Å². The largest absolute Gasteiger partial charge is 0.399 e. The van der Waals surface area contributed by atoms with Gasteiger partial charge in [-0.1, -0.05) is 23.2 Å². The van der Waals surface area contributed by atoms with Crippen LogP contribution in [-0.4, -0.2) is 5.91 Å². The molecule has 0 aliphatic rings. The Kier molecular flexibility index (Phi) is 4.96. The zero-order valence-corrected chi connectivity index (χ0v) is 14.6. The third kappa shape index (κ3) is 3.47. The first-order valence-corrected chi connectivity index (χ1v) is 7.73. The molecular formula is C13H8Br2Cl2N2O. The van der Waals surface area contributed by atoms with Crippen LogP contribution < -0.4 is 11.1 Å². The molecule has 3 N–H and O–H groups in total. The molecule has 2 aromatic rings. The van der Waals surface area contributed by atoms with Crippen molar-refractivity contribution in [1.82, 2.24) is 0 Å². The zero-order valence-electron chi connectivity index (χ0n) is 9.88. The minimum atomic E-state index is -0.297. The molecule has 3 nitrogen and oxygen atoms in total. The molecule has 0 heterocycles. The number of hydrogen-bond acceptors (Lipinski definition) is 2. The average molecular weight is 439 g/mol. The molecule has 0 saturated carbocycles. The van der Waals surface area contributed by atoms with Crippen molar-refractivity contribution in [2.45, 2.75) is 0 Å². The second-order valence-corrected chi connectivity index (χ2v) is 6.47. The van der Waals surface area contributed by atoms with Crippen molar-refractivity contribution in [3.8, 4) is 0 Å². The van der Waals surface area contributed by atoms with Crippen molar-refractivity contribution in [2.24, 2.45) is 0 Å². The van der Waals surface area contributed by atoms with Crippen molar-refractivity contribution in [3.63, 3.8) is 0 Å². The number of hydrogen-bond donors (Lipinski definition) is 2. The smallest absolute Gasteiger partial charge is 0.255 e. The molecule has 0 aliphatic heterocycles. The predicted molar refractivity (Wildman–Crippen MR) is 90.7 cm³/mol. The van der Waals surface area contributed by atoms with Crippen LogP contribution >= 0.6 is 55.1 Å². The van der Waals surface area contributed by atoms with E-state index in [1.54, 1.807) is 24.3 Å². The SMILES string of the molecule is Nc1cc(Br)c(NC(=O)c2ccc(Cl)c(Cl)c2)c(Br)c1. The molecule has 0 fully saturated rings. The molecular weight excluding hydrogens is 431 g/mol. The second kappa shape index (κ2) is 6.35. The predicted octanol–water partition coefficient (Wildman–Crippen LogP) is 5.35. The summed E-state index contributed by atoms with van der Waals surface area (Å²) in [6, 6.07) is 8.09. The molecule has 0 radical (unpaired) electrons. The number of nitrogens with two attached hydrogens (primary N) is 1. The number of rotatable bonds is 2. The van der Waals surface area contributed by atoms with Gasteiger partial charge in [0, 0.05) is 20.2 Å². The first kappa shape index (κ1) is 15.6. The molecule has 7 heteroatoms. The molecule has 104 valence electrons. The van der Waals surface area contributed by atoms with E-state index in [0.29, 0.717) is 35.9 Å². The Morgan fingerprint density at radius 3 is 2.20 bits per heavy atom. The molecule has 2 aromatic carbocycles. The fourth-order valence-corrected chi connectivity index (χ4v) is 3.25. The van der Waals surface area contributed by atoms with Gasteiger partial charge < -0.3 is 11.1 Å². The molecule has 0 unspecified atom stereocenters. The van der Waals surface area contributed by atoms with Crippen molar-refractivity contribution in [2.75, 3.05) is 11.1 Å². The van der Waals surface area contributed by atoms with Crippen molar-refractivity contribution in [1.29, 1.82) is 0 Å². The van der Waals surface area contributed by atoms with Crippen LogP contribution in [0, 0.1) is 0 Å². The number of carbonyl (C=O) groups is 1. The first-order valence-electron chi connectivity index (χ1n) is 5.39. The summed E-state index contributed by atoms with van der Waals surface area (Å²) < 4.78 is 1.36.